The molecule has 1 unspecified atom stereocenters. The first-order valence-electron chi connectivity index (χ1n) is 5.99. The third-order valence-electron chi connectivity index (χ3n) is 2.32. The zero-order valence-corrected chi connectivity index (χ0v) is 10.3. The van der Waals surface area contributed by atoms with Gasteiger partial charge in [-0.1, -0.05) is 26.2 Å². The molecule has 92 valence electrons. The molecule has 15 heavy (non-hydrogen) atoms. The molecule has 0 heterocycles. The van der Waals surface area contributed by atoms with Crippen molar-refractivity contribution in [1.29, 1.82) is 0 Å². The van der Waals surface area contributed by atoms with Gasteiger partial charge in [-0.25, -0.2) is 0 Å². The number of hydrogen-bond donors (Lipinski definition) is 2. The number of rotatable bonds is 10. The van der Waals surface area contributed by atoms with Gasteiger partial charge in [0.05, 0.1) is 6.04 Å². The molecule has 4 nitrogen and oxygen atoms in total. The molecule has 0 amide bonds. The van der Waals surface area contributed by atoms with Crippen molar-refractivity contribution < 1.29 is 9.47 Å². The van der Waals surface area contributed by atoms with Gasteiger partial charge in [0, 0.05) is 13.2 Å². The lowest BCUT2D eigenvalue weighted by Gasteiger charge is -2.26. The van der Waals surface area contributed by atoms with E-state index in [4.69, 9.17) is 15.3 Å². The molecule has 3 N–H and O–H groups in total. The van der Waals surface area contributed by atoms with E-state index in [1.807, 2.05) is 13.8 Å². The third kappa shape index (κ3) is 6.84. The van der Waals surface area contributed by atoms with E-state index in [0.717, 1.165) is 12.8 Å². The molecule has 0 bridgehead atoms. The van der Waals surface area contributed by atoms with Crippen LogP contribution in [-0.4, -0.2) is 25.5 Å². The van der Waals surface area contributed by atoms with Crippen LogP contribution in [0.2, 0.25) is 0 Å². The highest BCUT2D eigenvalue weighted by Gasteiger charge is 2.20. The van der Waals surface area contributed by atoms with E-state index in [0.29, 0.717) is 13.2 Å². The highest BCUT2D eigenvalue weighted by Crippen LogP contribution is 2.10. The molecule has 0 aromatic rings. The van der Waals surface area contributed by atoms with Crippen LogP contribution >= 0.6 is 0 Å². The summed E-state index contributed by atoms with van der Waals surface area (Å²) in [6.07, 6.45) is 4.37. The summed E-state index contributed by atoms with van der Waals surface area (Å²) < 4.78 is 11.0. The molecule has 0 aliphatic carbocycles. The molecule has 0 rings (SSSR count). The Balaban J connectivity index is 3.93. The molecule has 0 aromatic heterocycles. The maximum atomic E-state index is 5.51. The normalized spacial score (nSPS) is 13.4. The monoisotopic (exact) mass is 218 g/mol. The zero-order chi connectivity index (χ0) is 11.5. The first kappa shape index (κ1) is 14.8. The van der Waals surface area contributed by atoms with Gasteiger partial charge in [-0.2, -0.15) is 0 Å². The highest BCUT2D eigenvalue weighted by molar-refractivity contribution is 4.68. The summed E-state index contributed by atoms with van der Waals surface area (Å²) in [6, 6.07) is 0.0939. The molecule has 0 radical (unpaired) electrons. The molecule has 0 saturated heterocycles. The second kappa shape index (κ2) is 10.4. The maximum absolute atomic E-state index is 5.51. The number of nitrogens with two attached hydrogens (primary N) is 1. The molecule has 0 aliphatic rings. The number of hydrazine groups is 1. The van der Waals surface area contributed by atoms with Crippen molar-refractivity contribution in [3.63, 3.8) is 0 Å². The van der Waals surface area contributed by atoms with Gasteiger partial charge in [-0.3, -0.25) is 11.3 Å². The van der Waals surface area contributed by atoms with Crippen molar-refractivity contribution in [1.82, 2.24) is 5.43 Å². The minimum Gasteiger partial charge on any atom is -0.351 e. The Hall–Kier alpha value is -0.160. The van der Waals surface area contributed by atoms with Crippen LogP contribution in [0, 0.1) is 0 Å². The van der Waals surface area contributed by atoms with Crippen molar-refractivity contribution in [2.45, 2.75) is 58.8 Å². The van der Waals surface area contributed by atoms with Crippen LogP contribution in [0.5, 0.6) is 0 Å². The molecule has 0 fully saturated rings. The van der Waals surface area contributed by atoms with E-state index in [2.05, 4.69) is 12.3 Å². The van der Waals surface area contributed by atoms with Crippen molar-refractivity contribution >= 4 is 0 Å². The highest BCUT2D eigenvalue weighted by atomic mass is 16.7. The van der Waals surface area contributed by atoms with Crippen molar-refractivity contribution in [3.05, 3.63) is 0 Å². The van der Waals surface area contributed by atoms with Crippen LogP contribution < -0.4 is 11.3 Å². The first-order chi connectivity index (χ1) is 7.29. The van der Waals surface area contributed by atoms with Crippen LogP contribution in [0.3, 0.4) is 0 Å². The summed E-state index contributed by atoms with van der Waals surface area (Å²) in [5.74, 6) is 5.51. The Labute approximate surface area is 93.5 Å². The Kier molecular flexibility index (Phi) is 10.3. The van der Waals surface area contributed by atoms with Crippen LogP contribution in [-0.2, 0) is 9.47 Å². The second-order valence-corrected chi connectivity index (χ2v) is 3.55. The Morgan fingerprint density at radius 3 is 2.07 bits per heavy atom. The lowest BCUT2D eigenvalue weighted by molar-refractivity contribution is -0.155. The Morgan fingerprint density at radius 1 is 1.07 bits per heavy atom. The molecule has 0 aliphatic heterocycles. The van der Waals surface area contributed by atoms with E-state index in [1.165, 1.54) is 12.8 Å². The van der Waals surface area contributed by atoms with E-state index in [9.17, 15) is 0 Å². The summed E-state index contributed by atoms with van der Waals surface area (Å²) in [5, 5.41) is 0. The van der Waals surface area contributed by atoms with Gasteiger partial charge in [0.15, 0.2) is 6.29 Å². The van der Waals surface area contributed by atoms with Crippen molar-refractivity contribution in [2.75, 3.05) is 13.2 Å². The molecular weight excluding hydrogens is 192 g/mol. The van der Waals surface area contributed by atoms with Gasteiger partial charge in [-0.05, 0) is 20.3 Å². The molecular formula is C11H26N2O2. The van der Waals surface area contributed by atoms with Crippen LogP contribution in [0.15, 0.2) is 0 Å². The van der Waals surface area contributed by atoms with E-state index < -0.39 is 0 Å². The average molecular weight is 218 g/mol. The Bertz CT molecular complexity index is 128. The predicted molar refractivity (Wildman–Crippen MR) is 62.3 cm³/mol. The minimum absolute atomic E-state index is 0.0939. The van der Waals surface area contributed by atoms with Gasteiger partial charge in [0.25, 0.3) is 0 Å². The fourth-order valence-corrected chi connectivity index (χ4v) is 1.52. The fourth-order valence-electron chi connectivity index (χ4n) is 1.52. The summed E-state index contributed by atoms with van der Waals surface area (Å²) >= 11 is 0. The smallest absolute Gasteiger partial charge is 0.173 e. The lowest BCUT2D eigenvalue weighted by atomic mass is 10.1. The number of unbranched alkanes of at least 4 members (excludes halogenated alkanes) is 2. The van der Waals surface area contributed by atoms with Crippen molar-refractivity contribution in [3.8, 4) is 0 Å². The van der Waals surface area contributed by atoms with E-state index >= 15 is 0 Å². The summed E-state index contributed by atoms with van der Waals surface area (Å²) in [7, 11) is 0. The predicted octanol–water partition coefficient (Wildman–Crippen LogP) is 1.80. The lowest BCUT2D eigenvalue weighted by Crippen LogP contribution is -2.46. The standard InChI is InChI=1S/C11H26N2O2/c1-4-7-8-9-10(13-12)11(14-5-2)15-6-3/h10-11,13H,4-9,12H2,1-3H3. The summed E-state index contributed by atoms with van der Waals surface area (Å²) in [5.41, 5.74) is 2.78. The van der Waals surface area contributed by atoms with Crippen LogP contribution in [0.4, 0.5) is 0 Å². The fraction of sp³-hybridized carbons (Fsp3) is 1.00. The SMILES string of the molecule is CCCCCC(NN)C(OCC)OCC. The average Bonchev–Trinajstić information content (AvgIpc) is 2.24. The van der Waals surface area contributed by atoms with Gasteiger partial charge >= 0.3 is 0 Å². The molecule has 0 saturated carbocycles. The summed E-state index contributed by atoms with van der Waals surface area (Å²) in [6.45, 7) is 7.41. The Morgan fingerprint density at radius 2 is 1.67 bits per heavy atom. The van der Waals surface area contributed by atoms with Gasteiger partial charge in [-0.15, -0.1) is 0 Å². The third-order valence-corrected chi connectivity index (χ3v) is 2.32. The van der Waals surface area contributed by atoms with E-state index in [-0.39, 0.29) is 12.3 Å². The number of ether oxygens (including phenoxy) is 2. The van der Waals surface area contributed by atoms with Gasteiger partial charge < -0.3 is 9.47 Å². The van der Waals surface area contributed by atoms with Crippen LogP contribution in [0.25, 0.3) is 0 Å². The van der Waals surface area contributed by atoms with E-state index in [1.54, 1.807) is 0 Å². The second-order valence-electron chi connectivity index (χ2n) is 3.55. The zero-order valence-electron chi connectivity index (χ0n) is 10.3. The quantitative estimate of drug-likeness (QED) is 0.254. The first-order valence-corrected chi connectivity index (χ1v) is 5.99. The van der Waals surface area contributed by atoms with Gasteiger partial charge in [0.1, 0.15) is 0 Å². The molecule has 1 atom stereocenters. The number of hydrogen-bond acceptors (Lipinski definition) is 4. The summed E-state index contributed by atoms with van der Waals surface area (Å²) in [4.78, 5) is 0. The largest absolute Gasteiger partial charge is 0.351 e. The molecule has 0 spiro atoms. The maximum Gasteiger partial charge on any atom is 0.173 e. The van der Waals surface area contributed by atoms with Crippen LogP contribution in [0.1, 0.15) is 46.5 Å². The van der Waals surface area contributed by atoms with Crippen molar-refractivity contribution in [2.24, 2.45) is 5.84 Å². The molecule has 0 aromatic carbocycles. The number of nitrogens with one attached hydrogen (secondary N) is 1. The molecule has 4 heteroatoms. The van der Waals surface area contributed by atoms with Gasteiger partial charge in [0.2, 0.25) is 0 Å². The minimum atomic E-state index is -0.221. The topological polar surface area (TPSA) is 56.5 Å².